The number of thioether (sulfide) groups is 1. The highest BCUT2D eigenvalue weighted by Gasteiger charge is 1.93. The number of carbonyl (C=O) groups is 2. The number of hydrogen-bond acceptors (Lipinski definition) is 3. The van der Waals surface area contributed by atoms with E-state index in [1.165, 1.54) is 11.8 Å². The molecule has 0 fully saturated rings. The summed E-state index contributed by atoms with van der Waals surface area (Å²) in [5.74, 6) is 0.275. The SMILES string of the molecule is CCCC(=O)/C=C/S/C=C/C(=O)CCC. The molecule has 0 aliphatic heterocycles. The van der Waals surface area contributed by atoms with Crippen LogP contribution in [0.2, 0.25) is 0 Å². The van der Waals surface area contributed by atoms with Gasteiger partial charge in [-0.2, -0.15) is 0 Å². The second-order valence-electron chi connectivity index (χ2n) is 3.17. The van der Waals surface area contributed by atoms with Gasteiger partial charge in [-0.1, -0.05) is 13.8 Å². The van der Waals surface area contributed by atoms with Crippen LogP contribution in [0.5, 0.6) is 0 Å². The Morgan fingerprint density at radius 3 is 1.67 bits per heavy atom. The van der Waals surface area contributed by atoms with Gasteiger partial charge in [0.1, 0.15) is 0 Å². The smallest absolute Gasteiger partial charge is 0.156 e. The Kier molecular flexibility index (Phi) is 9.18. The van der Waals surface area contributed by atoms with Crippen LogP contribution in [0.15, 0.2) is 23.0 Å². The first-order valence-electron chi connectivity index (χ1n) is 5.24. The Hall–Kier alpha value is -0.830. The lowest BCUT2D eigenvalue weighted by Gasteiger charge is -1.88. The highest BCUT2D eigenvalue weighted by atomic mass is 32.2. The van der Waals surface area contributed by atoms with Crippen molar-refractivity contribution in [2.45, 2.75) is 39.5 Å². The number of carbonyl (C=O) groups excluding carboxylic acids is 2. The van der Waals surface area contributed by atoms with Crippen LogP contribution in [0, 0.1) is 0 Å². The van der Waals surface area contributed by atoms with Gasteiger partial charge < -0.3 is 0 Å². The summed E-state index contributed by atoms with van der Waals surface area (Å²) in [6.07, 6.45) is 6.05. The largest absolute Gasteiger partial charge is 0.295 e. The minimum Gasteiger partial charge on any atom is -0.295 e. The summed E-state index contributed by atoms with van der Waals surface area (Å²) >= 11 is 1.36. The van der Waals surface area contributed by atoms with Gasteiger partial charge in [0, 0.05) is 12.8 Å². The van der Waals surface area contributed by atoms with Crippen LogP contribution < -0.4 is 0 Å². The van der Waals surface area contributed by atoms with E-state index >= 15 is 0 Å². The van der Waals surface area contributed by atoms with Crippen molar-refractivity contribution < 1.29 is 9.59 Å². The Labute approximate surface area is 95.8 Å². The van der Waals surface area contributed by atoms with Crippen molar-refractivity contribution in [3.05, 3.63) is 23.0 Å². The van der Waals surface area contributed by atoms with Crippen LogP contribution in [0.25, 0.3) is 0 Å². The molecule has 0 amide bonds. The molecule has 0 saturated heterocycles. The summed E-state index contributed by atoms with van der Waals surface area (Å²) in [7, 11) is 0. The van der Waals surface area contributed by atoms with Gasteiger partial charge in [-0.05, 0) is 35.8 Å². The fraction of sp³-hybridized carbons (Fsp3) is 0.500. The van der Waals surface area contributed by atoms with Crippen molar-refractivity contribution in [2.24, 2.45) is 0 Å². The van der Waals surface area contributed by atoms with Crippen molar-refractivity contribution in [2.75, 3.05) is 0 Å². The van der Waals surface area contributed by atoms with Gasteiger partial charge in [-0.15, -0.1) is 11.8 Å². The number of hydrogen-bond donors (Lipinski definition) is 0. The van der Waals surface area contributed by atoms with Gasteiger partial charge in [0.25, 0.3) is 0 Å². The Morgan fingerprint density at radius 1 is 0.933 bits per heavy atom. The maximum atomic E-state index is 11.1. The monoisotopic (exact) mass is 226 g/mol. The van der Waals surface area contributed by atoms with Gasteiger partial charge in [0.05, 0.1) is 0 Å². The quantitative estimate of drug-likeness (QED) is 0.594. The van der Waals surface area contributed by atoms with Gasteiger partial charge in [0.15, 0.2) is 11.6 Å². The molecular formula is C12H18O2S. The lowest BCUT2D eigenvalue weighted by molar-refractivity contribution is -0.115. The molecule has 0 heterocycles. The molecule has 15 heavy (non-hydrogen) atoms. The molecule has 0 aromatic heterocycles. The molecular weight excluding hydrogens is 208 g/mol. The number of allylic oxidation sites excluding steroid dienone is 2. The van der Waals surface area contributed by atoms with Gasteiger partial charge in [-0.25, -0.2) is 0 Å². The van der Waals surface area contributed by atoms with E-state index in [4.69, 9.17) is 0 Å². The third-order valence-electron chi connectivity index (χ3n) is 1.66. The zero-order valence-electron chi connectivity index (χ0n) is 9.36. The van der Waals surface area contributed by atoms with Gasteiger partial charge >= 0.3 is 0 Å². The first kappa shape index (κ1) is 14.2. The predicted octanol–water partition coefficient (Wildman–Crippen LogP) is 3.49. The van der Waals surface area contributed by atoms with Crippen molar-refractivity contribution in [1.82, 2.24) is 0 Å². The lowest BCUT2D eigenvalue weighted by Crippen LogP contribution is -1.89. The topological polar surface area (TPSA) is 34.1 Å². The second-order valence-corrected chi connectivity index (χ2v) is 3.99. The minimum absolute atomic E-state index is 0.137. The lowest BCUT2D eigenvalue weighted by atomic mass is 10.2. The van der Waals surface area contributed by atoms with Gasteiger partial charge in [0.2, 0.25) is 0 Å². The van der Waals surface area contributed by atoms with E-state index in [2.05, 4.69) is 0 Å². The van der Waals surface area contributed by atoms with E-state index in [1.807, 2.05) is 13.8 Å². The molecule has 0 N–H and O–H groups in total. The third kappa shape index (κ3) is 9.47. The summed E-state index contributed by atoms with van der Waals surface area (Å²) < 4.78 is 0. The summed E-state index contributed by atoms with van der Waals surface area (Å²) in [5, 5.41) is 3.43. The molecule has 0 rings (SSSR count). The zero-order valence-corrected chi connectivity index (χ0v) is 10.2. The molecule has 0 saturated carbocycles. The molecule has 0 atom stereocenters. The minimum atomic E-state index is 0.137. The van der Waals surface area contributed by atoms with Crippen molar-refractivity contribution in [1.29, 1.82) is 0 Å². The number of ketones is 2. The molecule has 0 aliphatic carbocycles. The predicted molar refractivity (Wildman–Crippen MR) is 65.7 cm³/mol. The highest BCUT2D eigenvalue weighted by Crippen LogP contribution is 2.05. The highest BCUT2D eigenvalue weighted by molar-refractivity contribution is 8.04. The average molecular weight is 226 g/mol. The molecule has 84 valence electrons. The van der Waals surface area contributed by atoms with Crippen LogP contribution in [0.1, 0.15) is 39.5 Å². The van der Waals surface area contributed by atoms with Crippen LogP contribution >= 0.6 is 11.8 Å². The fourth-order valence-electron chi connectivity index (χ4n) is 0.935. The zero-order chi connectivity index (χ0) is 11.5. The summed E-state index contributed by atoms with van der Waals surface area (Å²) in [4.78, 5) is 22.1. The van der Waals surface area contributed by atoms with E-state index < -0.39 is 0 Å². The molecule has 3 heteroatoms. The standard InChI is InChI=1S/C12H18O2S/c1-3-5-11(13)7-9-15-10-8-12(14)6-4-2/h7-10H,3-6H2,1-2H3/b9-7+,10-8+. The summed E-state index contributed by atoms with van der Waals surface area (Å²) in [6.45, 7) is 3.95. The molecule has 0 bridgehead atoms. The fourth-order valence-corrected chi connectivity index (χ4v) is 1.49. The Morgan fingerprint density at radius 2 is 1.33 bits per heavy atom. The van der Waals surface area contributed by atoms with Crippen LogP contribution in [0.3, 0.4) is 0 Å². The summed E-state index contributed by atoms with van der Waals surface area (Å²) in [5.41, 5.74) is 0. The van der Waals surface area contributed by atoms with Gasteiger partial charge in [-0.3, -0.25) is 9.59 Å². The van der Waals surface area contributed by atoms with Crippen LogP contribution in [-0.4, -0.2) is 11.6 Å². The molecule has 0 aromatic rings. The first-order valence-corrected chi connectivity index (χ1v) is 6.19. The average Bonchev–Trinajstić information content (AvgIpc) is 2.18. The number of rotatable bonds is 8. The third-order valence-corrected chi connectivity index (χ3v) is 2.24. The summed E-state index contributed by atoms with van der Waals surface area (Å²) in [6, 6.07) is 0. The first-order chi connectivity index (χ1) is 7.20. The second kappa shape index (κ2) is 9.71. The Bertz CT molecular complexity index is 228. The molecule has 0 spiro atoms. The Balaban J connectivity index is 3.68. The van der Waals surface area contributed by atoms with E-state index in [-0.39, 0.29) is 11.6 Å². The van der Waals surface area contributed by atoms with Crippen LogP contribution in [-0.2, 0) is 9.59 Å². The normalized spacial score (nSPS) is 11.3. The maximum absolute atomic E-state index is 11.1. The van der Waals surface area contributed by atoms with E-state index in [0.717, 1.165) is 12.8 Å². The van der Waals surface area contributed by atoms with E-state index in [0.29, 0.717) is 12.8 Å². The van der Waals surface area contributed by atoms with Crippen molar-refractivity contribution >= 4 is 23.3 Å². The van der Waals surface area contributed by atoms with E-state index in [1.54, 1.807) is 23.0 Å². The molecule has 2 nitrogen and oxygen atoms in total. The van der Waals surface area contributed by atoms with E-state index in [9.17, 15) is 9.59 Å². The van der Waals surface area contributed by atoms with Crippen molar-refractivity contribution in [3.63, 3.8) is 0 Å². The molecule has 0 aliphatic rings. The molecule has 0 unspecified atom stereocenters. The maximum Gasteiger partial charge on any atom is 0.156 e. The molecule has 0 aromatic carbocycles. The van der Waals surface area contributed by atoms with Crippen LogP contribution in [0.4, 0.5) is 0 Å². The van der Waals surface area contributed by atoms with Crippen molar-refractivity contribution in [3.8, 4) is 0 Å². The molecule has 0 radical (unpaired) electrons.